The van der Waals surface area contributed by atoms with Crippen LogP contribution < -0.4 is 0 Å². The zero-order valence-corrected chi connectivity index (χ0v) is 30.2. The van der Waals surface area contributed by atoms with Crippen LogP contribution >= 0.6 is 11.3 Å². The topological polar surface area (TPSA) is 43.6 Å². The van der Waals surface area contributed by atoms with Crippen LogP contribution in [0.15, 0.2) is 194 Å². The quantitative estimate of drug-likeness (QED) is 0.170. The van der Waals surface area contributed by atoms with Gasteiger partial charge in [-0.3, -0.25) is 0 Å². The molecular formula is C51H32N4S. The molecule has 56 heavy (non-hydrogen) atoms. The van der Waals surface area contributed by atoms with Crippen LogP contribution in [0.1, 0.15) is 13.7 Å². The van der Waals surface area contributed by atoms with E-state index < -0.39 is 60.4 Å². The van der Waals surface area contributed by atoms with E-state index in [0.29, 0.717) is 38.5 Å². The lowest BCUT2D eigenvalue weighted by atomic mass is 9.95. The van der Waals surface area contributed by atoms with Crippen molar-refractivity contribution in [2.45, 2.75) is 0 Å². The van der Waals surface area contributed by atoms with Gasteiger partial charge in [0.2, 0.25) is 0 Å². The number of nitrogens with zero attached hydrogens (tertiary/aromatic N) is 4. The van der Waals surface area contributed by atoms with Crippen molar-refractivity contribution >= 4 is 53.3 Å². The van der Waals surface area contributed by atoms with Crippen molar-refractivity contribution in [2.24, 2.45) is 0 Å². The number of hydrogen-bond donors (Lipinski definition) is 0. The molecule has 11 rings (SSSR count). The molecule has 0 amide bonds. The van der Waals surface area contributed by atoms with Gasteiger partial charge in [-0.2, -0.15) is 0 Å². The van der Waals surface area contributed by atoms with Gasteiger partial charge in [-0.25, -0.2) is 15.0 Å². The minimum Gasteiger partial charge on any atom is -0.309 e. The summed E-state index contributed by atoms with van der Waals surface area (Å²) in [7, 11) is 0. The van der Waals surface area contributed by atoms with Gasteiger partial charge in [0.05, 0.1) is 24.7 Å². The molecule has 3 aromatic heterocycles. The predicted molar refractivity (Wildman–Crippen MR) is 234 cm³/mol. The van der Waals surface area contributed by atoms with Crippen molar-refractivity contribution in [1.29, 1.82) is 0 Å². The number of para-hydroxylation sites is 2. The van der Waals surface area contributed by atoms with E-state index in [0.717, 1.165) is 43.3 Å². The predicted octanol–water partition coefficient (Wildman–Crippen LogP) is 13.7. The summed E-state index contributed by atoms with van der Waals surface area (Å²) in [5.74, 6) is 1.18. The second-order valence-corrected chi connectivity index (χ2v) is 14.3. The van der Waals surface area contributed by atoms with Crippen LogP contribution in [0.25, 0.3) is 104 Å². The average Bonchev–Trinajstić information content (AvgIpc) is 3.90. The van der Waals surface area contributed by atoms with Gasteiger partial charge in [0.1, 0.15) is 0 Å². The molecule has 0 bridgehead atoms. The molecule has 0 spiro atoms. The maximum atomic E-state index is 9.01. The van der Waals surface area contributed by atoms with Crippen LogP contribution in [0.2, 0.25) is 0 Å². The number of hydrogen-bond acceptors (Lipinski definition) is 4. The zero-order valence-electron chi connectivity index (χ0n) is 39.4. The molecule has 11 aromatic rings. The van der Waals surface area contributed by atoms with E-state index in [2.05, 4.69) is 41.0 Å². The van der Waals surface area contributed by atoms with Gasteiger partial charge in [-0.1, -0.05) is 151 Å². The summed E-state index contributed by atoms with van der Waals surface area (Å²) in [5.41, 5.74) is 5.42. The first kappa shape index (κ1) is 23.5. The third kappa shape index (κ3) is 5.40. The molecule has 0 fully saturated rings. The van der Waals surface area contributed by atoms with Crippen molar-refractivity contribution in [2.75, 3.05) is 0 Å². The van der Waals surface area contributed by atoms with Gasteiger partial charge in [-0.15, -0.1) is 11.3 Å². The first-order chi connectivity index (χ1) is 31.9. The number of aromatic nitrogens is 4. The fourth-order valence-corrected chi connectivity index (χ4v) is 8.76. The lowest BCUT2D eigenvalue weighted by Crippen LogP contribution is -2.00. The second-order valence-electron chi connectivity index (χ2n) is 13.3. The number of rotatable bonds is 6. The molecular weight excluding hydrogens is 701 g/mol. The normalized spacial score (nSPS) is 14.1. The Hall–Kier alpha value is -7.21. The summed E-state index contributed by atoms with van der Waals surface area (Å²) in [4.78, 5) is 15.4. The van der Waals surface area contributed by atoms with Gasteiger partial charge < -0.3 is 4.57 Å². The standard InChI is InChI=1S/C51H32N4S/c1-5-16-33(17-6-1)37-30-42(34-18-7-2-8-19-34)48-43(31-37)47-41(25-15-27-46(47)56-48)51-53-49(35-20-9-3-10-21-35)52-50(54-51)36-28-29-40-39-24-13-14-26-44(39)55(45(40)32-36)38-22-11-4-12-23-38/h1-32H/i1D,2D,5D,6D,7D,8D,16D,17D,18D,19D. The van der Waals surface area contributed by atoms with Gasteiger partial charge in [0, 0.05) is 58.9 Å². The molecule has 3 heterocycles. The Morgan fingerprint density at radius 2 is 1.09 bits per heavy atom. The van der Waals surface area contributed by atoms with E-state index in [1.165, 1.54) is 11.3 Å². The second kappa shape index (κ2) is 13.3. The van der Waals surface area contributed by atoms with Crippen molar-refractivity contribution in [3.05, 3.63) is 194 Å². The summed E-state index contributed by atoms with van der Waals surface area (Å²) in [5, 5.41) is 3.38. The maximum absolute atomic E-state index is 9.01. The van der Waals surface area contributed by atoms with Crippen LogP contribution in [0.4, 0.5) is 0 Å². The van der Waals surface area contributed by atoms with Crippen LogP contribution in [0.3, 0.4) is 0 Å². The van der Waals surface area contributed by atoms with Gasteiger partial charge in [0.25, 0.3) is 0 Å². The van der Waals surface area contributed by atoms with Crippen LogP contribution in [-0.4, -0.2) is 19.5 Å². The van der Waals surface area contributed by atoms with Crippen molar-refractivity contribution in [3.63, 3.8) is 0 Å². The van der Waals surface area contributed by atoms with Gasteiger partial charge in [-0.05, 0) is 59.2 Å². The van der Waals surface area contributed by atoms with Crippen molar-refractivity contribution in [3.8, 4) is 62.1 Å². The molecule has 8 aromatic carbocycles. The monoisotopic (exact) mass is 742 g/mol. The Kier molecular flexibility index (Phi) is 5.58. The minimum absolute atomic E-state index is 0.0783. The lowest BCUT2D eigenvalue weighted by Gasteiger charge is -2.12. The Morgan fingerprint density at radius 3 is 1.88 bits per heavy atom. The lowest BCUT2D eigenvalue weighted by molar-refractivity contribution is 1.08. The molecule has 0 atom stereocenters. The molecule has 0 saturated carbocycles. The molecule has 0 aliphatic carbocycles. The molecule has 0 N–H and O–H groups in total. The summed E-state index contributed by atoms with van der Waals surface area (Å²) >= 11 is 1.34. The van der Waals surface area contributed by atoms with E-state index in [1.54, 1.807) is 12.1 Å². The smallest absolute Gasteiger partial charge is 0.164 e. The van der Waals surface area contributed by atoms with E-state index >= 15 is 0 Å². The molecule has 0 radical (unpaired) electrons. The van der Waals surface area contributed by atoms with Gasteiger partial charge in [0.15, 0.2) is 17.5 Å². The highest BCUT2D eigenvalue weighted by molar-refractivity contribution is 7.26. The van der Waals surface area contributed by atoms with E-state index in [1.807, 2.05) is 84.9 Å². The van der Waals surface area contributed by atoms with Gasteiger partial charge >= 0.3 is 0 Å². The highest BCUT2D eigenvalue weighted by Gasteiger charge is 2.21. The van der Waals surface area contributed by atoms with E-state index in [4.69, 9.17) is 28.7 Å². The number of thiophene rings is 1. The zero-order chi connectivity index (χ0) is 45.7. The maximum Gasteiger partial charge on any atom is 0.164 e. The fraction of sp³-hybridized carbons (Fsp3) is 0. The molecule has 0 unspecified atom stereocenters. The molecule has 0 saturated heterocycles. The third-order valence-electron chi connectivity index (χ3n) is 10.0. The van der Waals surface area contributed by atoms with Crippen LogP contribution in [0, 0.1) is 0 Å². The Bertz CT molecular complexity index is 3780. The van der Waals surface area contributed by atoms with Crippen molar-refractivity contribution in [1.82, 2.24) is 19.5 Å². The van der Waals surface area contributed by atoms with Crippen molar-refractivity contribution < 1.29 is 13.7 Å². The first-order valence-electron chi connectivity index (χ1n) is 23.0. The Labute approximate surface area is 341 Å². The SMILES string of the molecule is [2H]c1c([2H])c([2H])c(-c2cc(-c3c([2H])c([2H])c([2H])c([2H])c3[2H])c3sc4cccc(-c5nc(-c6ccccc6)nc(-c6ccc7c8ccccc8n(-c8ccccc8)c7c6)n5)c4c3c2)c([2H])c1[2H]. The third-order valence-corrected chi connectivity index (χ3v) is 11.2. The highest BCUT2D eigenvalue weighted by atomic mass is 32.1. The summed E-state index contributed by atoms with van der Waals surface area (Å²) in [6.45, 7) is 0. The molecule has 5 heteroatoms. The molecule has 0 aliphatic heterocycles. The highest BCUT2D eigenvalue weighted by Crippen LogP contribution is 2.46. The average molecular weight is 743 g/mol. The number of fused-ring (bicyclic) bond motifs is 6. The van der Waals surface area contributed by atoms with Crippen LogP contribution in [-0.2, 0) is 0 Å². The van der Waals surface area contributed by atoms with E-state index in [-0.39, 0.29) is 22.3 Å². The first-order valence-corrected chi connectivity index (χ1v) is 18.8. The largest absolute Gasteiger partial charge is 0.309 e. The molecule has 0 aliphatic rings. The summed E-state index contributed by atoms with van der Waals surface area (Å²) in [6.07, 6.45) is 0. The summed E-state index contributed by atoms with van der Waals surface area (Å²) in [6, 6.07) is 38.3. The molecule has 262 valence electrons. The van der Waals surface area contributed by atoms with E-state index in [9.17, 15) is 0 Å². The summed E-state index contributed by atoms with van der Waals surface area (Å²) < 4.78 is 90.2. The number of benzene rings is 8. The van der Waals surface area contributed by atoms with Crippen LogP contribution in [0.5, 0.6) is 0 Å². The Balaban J connectivity index is 1.21. The minimum atomic E-state index is -0.551. The fourth-order valence-electron chi connectivity index (χ4n) is 7.53. The Morgan fingerprint density at radius 1 is 0.429 bits per heavy atom. The molecule has 4 nitrogen and oxygen atoms in total.